The average molecular weight is 448 g/mol. The molecule has 1 saturated heterocycles. The molecule has 154 valence electrons. The van der Waals surface area contributed by atoms with Crippen LogP contribution < -0.4 is 9.80 Å². The number of halogens is 3. The second kappa shape index (κ2) is 7.25. The number of nitrogens with zero attached hydrogens (tertiary/aromatic N) is 4. The predicted molar refractivity (Wildman–Crippen MR) is 111 cm³/mol. The standard InChI is InChI=1S/C20H15F3N4OS2/c1-30-14-5-3-12(4-6-14)27-18(29)26(17(28)19(27)7-2-8-19)13-9-15(20(21,22)23)16(10-24)25-11-13/h3-6,9,11H,2,7-8H2,1H3. The molecule has 30 heavy (non-hydrogen) atoms. The van der Waals surface area contributed by atoms with Crippen LogP contribution in [0.4, 0.5) is 24.5 Å². The fourth-order valence-electron chi connectivity index (χ4n) is 3.82. The van der Waals surface area contributed by atoms with E-state index in [0.29, 0.717) is 18.5 Å². The van der Waals surface area contributed by atoms with Gasteiger partial charge in [-0.15, -0.1) is 11.8 Å². The number of anilines is 2. The zero-order valence-electron chi connectivity index (χ0n) is 15.7. The SMILES string of the molecule is CSc1ccc(N2C(=S)N(c3cnc(C#N)c(C(F)(F)F)c3)C(=O)C23CCC3)cc1. The molecule has 2 aliphatic rings. The highest BCUT2D eigenvalue weighted by molar-refractivity contribution is 7.98. The first kappa shape index (κ1) is 20.6. The lowest BCUT2D eigenvalue weighted by Gasteiger charge is -2.43. The number of thioether (sulfide) groups is 1. The number of alkyl halides is 3. The van der Waals surface area contributed by atoms with Crippen molar-refractivity contribution in [2.45, 2.75) is 35.9 Å². The van der Waals surface area contributed by atoms with Crippen LogP contribution in [0, 0.1) is 11.3 Å². The number of aromatic nitrogens is 1. The van der Waals surface area contributed by atoms with Gasteiger partial charge in [0.25, 0.3) is 5.91 Å². The summed E-state index contributed by atoms with van der Waals surface area (Å²) in [5.41, 5.74) is -2.21. The third-order valence-electron chi connectivity index (χ3n) is 5.47. The summed E-state index contributed by atoms with van der Waals surface area (Å²) in [6.07, 6.45) is 0.196. The van der Waals surface area contributed by atoms with Gasteiger partial charge < -0.3 is 4.90 Å². The van der Waals surface area contributed by atoms with Gasteiger partial charge in [-0.2, -0.15) is 18.4 Å². The molecule has 1 saturated carbocycles. The Kier molecular flexibility index (Phi) is 4.98. The van der Waals surface area contributed by atoms with E-state index in [2.05, 4.69) is 4.98 Å². The number of pyridine rings is 1. The summed E-state index contributed by atoms with van der Waals surface area (Å²) < 4.78 is 40.2. The van der Waals surface area contributed by atoms with Crippen LogP contribution >= 0.6 is 24.0 Å². The number of rotatable bonds is 3. The van der Waals surface area contributed by atoms with Crippen LogP contribution in [-0.4, -0.2) is 27.8 Å². The molecule has 0 atom stereocenters. The Morgan fingerprint density at radius 1 is 1.23 bits per heavy atom. The van der Waals surface area contributed by atoms with Gasteiger partial charge in [-0.1, -0.05) is 0 Å². The molecule has 0 bridgehead atoms. The van der Waals surface area contributed by atoms with E-state index in [9.17, 15) is 18.0 Å². The number of thiocarbonyl (C=S) groups is 1. The summed E-state index contributed by atoms with van der Waals surface area (Å²) in [6.45, 7) is 0. The molecule has 1 aromatic carbocycles. The zero-order chi connectivity index (χ0) is 21.7. The Morgan fingerprint density at radius 3 is 2.40 bits per heavy atom. The second-order valence-corrected chi connectivity index (χ2v) is 8.29. The lowest BCUT2D eigenvalue weighted by Crippen LogP contribution is -2.55. The summed E-state index contributed by atoms with van der Waals surface area (Å²) in [7, 11) is 0. The minimum atomic E-state index is -4.78. The van der Waals surface area contributed by atoms with Gasteiger partial charge >= 0.3 is 6.18 Å². The van der Waals surface area contributed by atoms with Gasteiger partial charge in [0.05, 0.1) is 17.4 Å². The van der Waals surface area contributed by atoms with Gasteiger partial charge in [0.2, 0.25) is 0 Å². The van der Waals surface area contributed by atoms with E-state index in [1.54, 1.807) is 16.7 Å². The highest BCUT2D eigenvalue weighted by atomic mass is 32.2. The van der Waals surface area contributed by atoms with E-state index in [0.717, 1.165) is 28.5 Å². The van der Waals surface area contributed by atoms with Gasteiger partial charge in [-0.05, 0) is 68.1 Å². The molecule has 2 aromatic rings. The maximum atomic E-state index is 13.4. The third kappa shape index (κ3) is 3.04. The van der Waals surface area contributed by atoms with Gasteiger partial charge in [-0.3, -0.25) is 9.69 Å². The molecule has 1 amide bonds. The number of carbonyl (C=O) groups excluding carboxylic acids is 1. The van der Waals surface area contributed by atoms with Crippen molar-refractivity contribution in [2.24, 2.45) is 0 Å². The molecule has 1 aliphatic heterocycles. The number of hydrogen-bond donors (Lipinski definition) is 0. The minimum absolute atomic E-state index is 0.0918. The van der Waals surface area contributed by atoms with Gasteiger partial charge in [0.1, 0.15) is 11.6 Å². The Hall–Kier alpha value is -2.64. The van der Waals surface area contributed by atoms with Gasteiger partial charge in [0.15, 0.2) is 10.8 Å². The molecule has 2 heterocycles. The van der Waals surface area contributed by atoms with Crippen LogP contribution in [-0.2, 0) is 11.0 Å². The molecular weight excluding hydrogens is 433 g/mol. The quantitative estimate of drug-likeness (QED) is 0.499. The maximum absolute atomic E-state index is 13.4. The fraction of sp³-hybridized carbons (Fsp3) is 0.300. The van der Waals surface area contributed by atoms with Gasteiger partial charge in [0, 0.05) is 10.6 Å². The molecular formula is C20H15F3N4OS2. The summed E-state index contributed by atoms with van der Waals surface area (Å²) in [5, 5.41) is 9.08. The van der Waals surface area contributed by atoms with Gasteiger partial charge in [-0.25, -0.2) is 4.98 Å². The summed E-state index contributed by atoms with van der Waals surface area (Å²) in [6, 6.07) is 9.74. The van der Waals surface area contributed by atoms with Crippen molar-refractivity contribution < 1.29 is 18.0 Å². The molecule has 2 fully saturated rings. The van der Waals surface area contributed by atoms with E-state index in [1.807, 2.05) is 30.5 Å². The second-order valence-electron chi connectivity index (χ2n) is 7.04. The molecule has 0 radical (unpaired) electrons. The number of nitriles is 1. The number of amides is 1. The molecule has 1 aliphatic carbocycles. The first-order valence-electron chi connectivity index (χ1n) is 9.03. The van der Waals surface area contributed by atoms with Crippen LogP contribution in [0.3, 0.4) is 0 Å². The van der Waals surface area contributed by atoms with E-state index < -0.39 is 23.0 Å². The molecule has 0 unspecified atom stereocenters. The Morgan fingerprint density at radius 2 is 1.90 bits per heavy atom. The third-order valence-corrected chi connectivity index (χ3v) is 6.57. The lowest BCUT2D eigenvalue weighted by atomic mass is 9.75. The number of hydrogen-bond acceptors (Lipinski definition) is 5. The Labute approximate surface area is 180 Å². The first-order valence-corrected chi connectivity index (χ1v) is 10.7. The van der Waals surface area contributed by atoms with Crippen molar-refractivity contribution in [1.29, 1.82) is 5.26 Å². The molecule has 1 aromatic heterocycles. The van der Waals surface area contributed by atoms with Crippen LogP contribution in [0.25, 0.3) is 0 Å². The Balaban J connectivity index is 1.80. The van der Waals surface area contributed by atoms with Crippen LogP contribution in [0.5, 0.6) is 0 Å². The largest absolute Gasteiger partial charge is 0.419 e. The zero-order valence-corrected chi connectivity index (χ0v) is 17.4. The number of benzene rings is 1. The van der Waals surface area contributed by atoms with Crippen molar-refractivity contribution in [3.63, 3.8) is 0 Å². The summed E-state index contributed by atoms with van der Waals surface area (Å²) in [5.74, 6) is -0.368. The van der Waals surface area contributed by atoms with Crippen LogP contribution in [0.1, 0.15) is 30.5 Å². The van der Waals surface area contributed by atoms with Crippen molar-refractivity contribution in [1.82, 2.24) is 4.98 Å². The van der Waals surface area contributed by atoms with Crippen LogP contribution in [0.2, 0.25) is 0 Å². The fourth-order valence-corrected chi connectivity index (χ4v) is 4.70. The topological polar surface area (TPSA) is 60.2 Å². The molecule has 5 nitrogen and oxygen atoms in total. The highest BCUT2D eigenvalue weighted by Gasteiger charge is 2.59. The lowest BCUT2D eigenvalue weighted by molar-refractivity contribution is -0.138. The molecule has 4 rings (SSSR count). The highest BCUT2D eigenvalue weighted by Crippen LogP contribution is 2.48. The molecule has 1 spiro atoms. The smallest absolute Gasteiger partial charge is 0.303 e. The normalized spacial score (nSPS) is 18.0. The monoisotopic (exact) mass is 448 g/mol. The average Bonchev–Trinajstić information content (AvgIpc) is 2.93. The van der Waals surface area contributed by atoms with Crippen LogP contribution in [0.15, 0.2) is 41.4 Å². The van der Waals surface area contributed by atoms with E-state index in [4.69, 9.17) is 17.5 Å². The van der Waals surface area contributed by atoms with Crippen molar-refractivity contribution >= 4 is 46.4 Å². The van der Waals surface area contributed by atoms with Crippen molar-refractivity contribution in [3.05, 3.63) is 47.8 Å². The maximum Gasteiger partial charge on any atom is 0.419 e. The Bertz CT molecular complexity index is 1070. The minimum Gasteiger partial charge on any atom is -0.303 e. The first-order chi connectivity index (χ1) is 14.2. The number of carbonyl (C=O) groups is 1. The van der Waals surface area contributed by atoms with Crippen molar-refractivity contribution in [3.8, 4) is 6.07 Å². The molecule has 10 heteroatoms. The summed E-state index contributed by atoms with van der Waals surface area (Å²) >= 11 is 7.14. The van der Waals surface area contributed by atoms with E-state index >= 15 is 0 Å². The van der Waals surface area contributed by atoms with Crippen molar-refractivity contribution in [2.75, 3.05) is 16.1 Å². The van der Waals surface area contributed by atoms with E-state index in [-0.39, 0.29) is 16.7 Å². The summed E-state index contributed by atoms with van der Waals surface area (Å²) in [4.78, 5) is 20.9. The van der Waals surface area contributed by atoms with E-state index in [1.165, 1.54) is 6.07 Å². The predicted octanol–water partition coefficient (Wildman–Crippen LogP) is 4.75. The molecule has 0 N–H and O–H groups in total.